The molecule has 2 rings (SSSR count). The molecular formula is C20H18Cl2N2O3. The van der Waals surface area contributed by atoms with Crippen LogP contribution in [0, 0.1) is 11.3 Å². The van der Waals surface area contributed by atoms with Gasteiger partial charge in [-0.1, -0.05) is 29.3 Å². The van der Waals surface area contributed by atoms with Crippen molar-refractivity contribution < 1.29 is 14.3 Å². The summed E-state index contributed by atoms with van der Waals surface area (Å²) in [7, 11) is 0. The summed E-state index contributed by atoms with van der Waals surface area (Å²) in [6.07, 6.45) is 1.48. The van der Waals surface area contributed by atoms with Crippen molar-refractivity contribution in [2.45, 2.75) is 13.8 Å². The van der Waals surface area contributed by atoms with Crippen LogP contribution in [0.4, 0.5) is 5.69 Å². The van der Waals surface area contributed by atoms with Crippen molar-refractivity contribution in [3.63, 3.8) is 0 Å². The molecule has 27 heavy (non-hydrogen) atoms. The summed E-state index contributed by atoms with van der Waals surface area (Å²) < 4.78 is 11.1. The van der Waals surface area contributed by atoms with Crippen molar-refractivity contribution in [2.75, 3.05) is 18.5 Å². The van der Waals surface area contributed by atoms with E-state index in [1.54, 1.807) is 30.3 Å². The number of nitriles is 1. The molecule has 0 aliphatic rings. The lowest BCUT2D eigenvalue weighted by atomic mass is 10.1. The predicted molar refractivity (Wildman–Crippen MR) is 107 cm³/mol. The van der Waals surface area contributed by atoms with Gasteiger partial charge in [0.25, 0.3) is 5.91 Å². The molecule has 2 aromatic carbocycles. The lowest BCUT2D eigenvalue weighted by Gasteiger charge is -2.11. The van der Waals surface area contributed by atoms with Gasteiger partial charge in [0.15, 0.2) is 11.5 Å². The van der Waals surface area contributed by atoms with Gasteiger partial charge in [-0.05, 0) is 55.8 Å². The van der Waals surface area contributed by atoms with Gasteiger partial charge in [-0.15, -0.1) is 0 Å². The number of hydrogen-bond acceptors (Lipinski definition) is 4. The Morgan fingerprint density at radius 3 is 2.41 bits per heavy atom. The first-order valence-electron chi connectivity index (χ1n) is 8.26. The maximum atomic E-state index is 12.4. The highest BCUT2D eigenvalue weighted by molar-refractivity contribution is 6.42. The molecule has 5 nitrogen and oxygen atoms in total. The van der Waals surface area contributed by atoms with Crippen molar-refractivity contribution in [2.24, 2.45) is 0 Å². The number of nitrogens with zero attached hydrogens (tertiary/aromatic N) is 1. The average Bonchev–Trinajstić information content (AvgIpc) is 2.65. The molecule has 0 radical (unpaired) electrons. The van der Waals surface area contributed by atoms with E-state index in [1.165, 1.54) is 12.1 Å². The first-order chi connectivity index (χ1) is 13.0. The molecule has 2 aromatic rings. The van der Waals surface area contributed by atoms with Gasteiger partial charge in [0.2, 0.25) is 0 Å². The van der Waals surface area contributed by atoms with Crippen molar-refractivity contribution in [1.82, 2.24) is 0 Å². The van der Waals surface area contributed by atoms with E-state index in [-0.39, 0.29) is 5.57 Å². The van der Waals surface area contributed by atoms with Crippen molar-refractivity contribution in [3.8, 4) is 17.6 Å². The Hall–Kier alpha value is -2.68. The van der Waals surface area contributed by atoms with Crippen LogP contribution in [0.2, 0.25) is 10.0 Å². The van der Waals surface area contributed by atoms with Crippen molar-refractivity contribution >= 4 is 40.9 Å². The van der Waals surface area contributed by atoms with E-state index in [9.17, 15) is 10.1 Å². The molecule has 0 aromatic heterocycles. The maximum Gasteiger partial charge on any atom is 0.266 e. The number of carbonyl (C=O) groups is 1. The van der Waals surface area contributed by atoms with Crippen LogP contribution in [-0.2, 0) is 4.79 Å². The van der Waals surface area contributed by atoms with Crippen LogP contribution in [0.15, 0.2) is 42.0 Å². The Bertz CT molecular complexity index is 905. The maximum absolute atomic E-state index is 12.4. The summed E-state index contributed by atoms with van der Waals surface area (Å²) >= 11 is 11.8. The molecule has 7 heteroatoms. The van der Waals surface area contributed by atoms with Gasteiger partial charge in [-0.2, -0.15) is 5.26 Å². The fraction of sp³-hybridized carbons (Fsp3) is 0.200. The highest BCUT2D eigenvalue weighted by Crippen LogP contribution is 2.29. The smallest absolute Gasteiger partial charge is 0.266 e. The zero-order valence-electron chi connectivity index (χ0n) is 14.9. The molecule has 0 unspecified atom stereocenters. The Morgan fingerprint density at radius 2 is 1.78 bits per heavy atom. The third kappa shape index (κ3) is 5.65. The zero-order chi connectivity index (χ0) is 19.8. The molecule has 0 aliphatic carbocycles. The fourth-order valence-electron chi connectivity index (χ4n) is 2.25. The quantitative estimate of drug-likeness (QED) is 0.499. The van der Waals surface area contributed by atoms with E-state index in [0.29, 0.717) is 46.0 Å². The van der Waals surface area contributed by atoms with Crippen LogP contribution >= 0.6 is 23.2 Å². The molecule has 0 aliphatic heterocycles. The summed E-state index contributed by atoms with van der Waals surface area (Å²) in [6.45, 7) is 4.72. The second-order valence-electron chi connectivity index (χ2n) is 5.33. The van der Waals surface area contributed by atoms with Gasteiger partial charge in [-0.3, -0.25) is 4.79 Å². The number of halogens is 2. The van der Waals surface area contributed by atoms with E-state index in [2.05, 4.69) is 5.32 Å². The highest BCUT2D eigenvalue weighted by Gasteiger charge is 2.12. The van der Waals surface area contributed by atoms with Crippen LogP contribution in [0.3, 0.4) is 0 Å². The SMILES string of the molecule is CCOc1ccc(/C=C(\C#N)C(=O)Nc2ccc(Cl)c(Cl)c2)cc1OCC. The molecule has 0 atom stereocenters. The minimum Gasteiger partial charge on any atom is -0.490 e. The number of carbonyl (C=O) groups excluding carboxylic acids is 1. The summed E-state index contributed by atoms with van der Waals surface area (Å²) in [5, 5.41) is 12.7. The topological polar surface area (TPSA) is 71.3 Å². The van der Waals surface area contributed by atoms with E-state index in [1.807, 2.05) is 19.9 Å². The van der Waals surface area contributed by atoms with Crippen molar-refractivity contribution in [1.29, 1.82) is 5.26 Å². The van der Waals surface area contributed by atoms with Gasteiger partial charge in [0.05, 0.1) is 23.3 Å². The van der Waals surface area contributed by atoms with Crippen LogP contribution in [0.25, 0.3) is 6.08 Å². The average molecular weight is 405 g/mol. The van der Waals surface area contributed by atoms with Crippen LogP contribution in [0.1, 0.15) is 19.4 Å². The minimum atomic E-state index is -0.553. The molecule has 0 saturated carbocycles. The second-order valence-corrected chi connectivity index (χ2v) is 6.14. The zero-order valence-corrected chi connectivity index (χ0v) is 16.4. The van der Waals surface area contributed by atoms with Crippen LogP contribution in [-0.4, -0.2) is 19.1 Å². The number of anilines is 1. The van der Waals surface area contributed by atoms with Gasteiger partial charge in [0, 0.05) is 5.69 Å². The minimum absolute atomic E-state index is 0.0623. The molecule has 0 spiro atoms. The molecule has 0 saturated heterocycles. The Kier molecular flexibility index (Phi) is 7.54. The Labute approximate surface area is 168 Å². The van der Waals surface area contributed by atoms with Crippen LogP contribution < -0.4 is 14.8 Å². The molecule has 0 bridgehead atoms. The molecule has 0 heterocycles. The van der Waals surface area contributed by atoms with E-state index < -0.39 is 5.91 Å². The lowest BCUT2D eigenvalue weighted by Crippen LogP contribution is -2.13. The summed E-state index contributed by atoms with van der Waals surface area (Å²) in [6, 6.07) is 11.8. The van der Waals surface area contributed by atoms with Gasteiger partial charge < -0.3 is 14.8 Å². The number of amides is 1. The van der Waals surface area contributed by atoms with E-state index in [0.717, 1.165) is 0 Å². The molecule has 1 amide bonds. The first-order valence-corrected chi connectivity index (χ1v) is 9.01. The highest BCUT2D eigenvalue weighted by atomic mass is 35.5. The summed E-state index contributed by atoms with van der Waals surface area (Å²) in [5.41, 5.74) is 1.02. The second kappa shape index (κ2) is 9.86. The van der Waals surface area contributed by atoms with E-state index in [4.69, 9.17) is 32.7 Å². The van der Waals surface area contributed by atoms with Crippen LogP contribution in [0.5, 0.6) is 11.5 Å². The Balaban J connectivity index is 2.26. The number of ether oxygens (including phenoxy) is 2. The molecule has 1 N–H and O–H groups in total. The molecule has 0 fully saturated rings. The van der Waals surface area contributed by atoms with Gasteiger partial charge >= 0.3 is 0 Å². The standard InChI is InChI=1S/C20H18Cl2N2O3/c1-3-26-18-8-5-13(10-19(18)27-4-2)9-14(12-23)20(25)24-15-6-7-16(21)17(22)11-15/h5-11H,3-4H2,1-2H3,(H,24,25)/b14-9+. The third-order valence-electron chi connectivity index (χ3n) is 3.42. The summed E-state index contributed by atoms with van der Waals surface area (Å²) in [4.78, 5) is 12.4. The lowest BCUT2D eigenvalue weighted by molar-refractivity contribution is -0.112. The number of benzene rings is 2. The number of rotatable bonds is 7. The molecular weight excluding hydrogens is 387 g/mol. The monoisotopic (exact) mass is 404 g/mol. The van der Waals surface area contributed by atoms with Gasteiger partial charge in [-0.25, -0.2) is 0 Å². The predicted octanol–water partition coefficient (Wildman–Crippen LogP) is 5.34. The summed E-state index contributed by atoms with van der Waals surface area (Å²) in [5.74, 6) is 0.605. The van der Waals surface area contributed by atoms with Gasteiger partial charge in [0.1, 0.15) is 11.6 Å². The number of nitrogens with one attached hydrogen (secondary N) is 1. The van der Waals surface area contributed by atoms with Crippen molar-refractivity contribution in [3.05, 3.63) is 57.6 Å². The normalized spacial score (nSPS) is 10.9. The largest absolute Gasteiger partial charge is 0.490 e. The Morgan fingerprint density at radius 1 is 1.07 bits per heavy atom. The first kappa shape index (κ1) is 20.6. The number of hydrogen-bond donors (Lipinski definition) is 1. The fourth-order valence-corrected chi connectivity index (χ4v) is 2.54. The van der Waals surface area contributed by atoms with E-state index >= 15 is 0 Å². The molecule has 140 valence electrons. The third-order valence-corrected chi connectivity index (χ3v) is 4.16.